The monoisotopic (exact) mass is 395 g/mol. The average Bonchev–Trinajstić information content (AvgIpc) is 3.17. The third-order valence-electron chi connectivity index (χ3n) is 5.99. The van der Waals surface area contributed by atoms with Gasteiger partial charge in [0.15, 0.2) is 5.82 Å². The van der Waals surface area contributed by atoms with Crippen molar-refractivity contribution in [1.29, 1.82) is 0 Å². The number of carbonyl (C=O) groups is 2. The molecule has 0 unspecified atom stereocenters. The number of nitrogens with zero attached hydrogens (tertiary/aromatic N) is 5. The molecule has 0 bridgehead atoms. The normalized spacial score (nSPS) is 16.4. The van der Waals surface area contributed by atoms with Gasteiger partial charge in [0.25, 0.3) is 11.8 Å². The van der Waals surface area contributed by atoms with Crippen LogP contribution < -0.4 is 0 Å². The number of hydrogen-bond donors (Lipinski definition) is 0. The summed E-state index contributed by atoms with van der Waals surface area (Å²) in [6, 6.07) is 3.93. The van der Waals surface area contributed by atoms with Crippen LogP contribution in [0.5, 0.6) is 0 Å². The number of likely N-dealkylation sites (tertiary alicyclic amines) is 1. The predicted octanol–water partition coefficient (Wildman–Crippen LogP) is 2.56. The van der Waals surface area contributed by atoms with E-state index in [0.29, 0.717) is 18.1 Å². The molecule has 29 heavy (non-hydrogen) atoms. The second-order valence-corrected chi connectivity index (χ2v) is 8.02. The molecule has 7 heteroatoms. The van der Waals surface area contributed by atoms with Crippen molar-refractivity contribution in [3.63, 3.8) is 0 Å². The van der Waals surface area contributed by atoms with Crippen LogP contribution in [-0.2, 0) is 19.4 Å². The smallest absolute Gasteiger partial charge is 0.289 e. The Labute approximate surface area is 171 Å². The number of hydrogen-bond acceptors (Lipinski definition) is 4. The number of pyridine rings is 1. The molecule has 0 spiro atoms. The number of likely N-dealkylation sites (N-methyl/N-ethyl adjacent to an activating group) is 1. The third kappa shape index (κ3) is 4.18. The van der Waals surface area contributed by atoms with Gasteiger partial charge in [-0.25, -0.2) is 4.98 Å². The van der Waals surface area contributed by atoms with Crippen molar-refractivity contribution in [2.75, 3.05) is 26.7 Å². The summed E-state index contributed by atoms with van der Waals surface area (Å²) in [5, 5.41) is 0. The molecule has 0 saturated carbocycles. The van der Waals surface area contributed by atoms with E-state index >= 15 is 0 Å². The SMILES string of the molecule is CN(CCc1ccncc1)C(=O)c1nc(C(=O)N2CCCCC2)c2n1CCCC2. The van der Waals surface area contributed by atoms with E-state index in [9.17, 15) is 9.59 Å². The summed E-state index contributed by atoms with van der Waals surface area (Å²) >= 11 is 0. The molecule has 2 aromatic heterocycles. The largest absolute Gasteiger partial charge is 0.339 e. The lowest BCUT2D eigenvalue weighted by atomic mass is 10.1. The molecule has 2 amide bonds. The Morgan fingerprint density at radius 2 is 1.76 bits per heavy atom. The van der Waals surface area contributed by atoms with Crippen molar-refractivity contribution >= 4 is 11.8 Å². The van der Waals surface area contributed by atoms with Crippen LogP contribution in [0.1, 0.15) is 64.5 Å². The highest BCUT2D eigenvalue weighted by molar-refractivity contribution is 5.97. The van der Waals surface area contributed by atoms with Gasteiger partial charge in [-0.2, -0.15) is 0 Å². The molecular formula is C22H29N5O2. The molecule has 0 radical (unpaired) electrons. The topological polar surface area (TPSA) is 71.3 Å². The van der Waals surface area contributed by atoms with Crippen molar-refractivity contribution in [3.05, 3.63) is 47.3 Å². The third-order valence-corrected chi connectivity index (χ3v) is 5.99. The van der Waals surface area contributed by atoms with Crippen molar-refractivity contribution in [3.8, 4) is 0 Å². The van der Waals surface area contributed by atoms with Gasteiger partial charge in [-0.05, 0) is 62.6 Å². The van der Waals surface area contributed by atoms with Crippen LogP contribution in [0.15, 0.2) is 24.5 Å². The van der Waals surface area contributed by atoms with Crippen LogP contribution in [0.3, 0.4) is 0 Å². The lowest BCUT2D eigenvalue weighted by Gasteiger charge is -2.26. The van der Waals surface area contributed by atoms with Gasteiger partial charge in [0.2, 0.25) is 0 Å². The fourth-order valence-corrected chi connectivity index (χ4v) is 4.24. The van der Waals surface area contributed by atoms with Crippen LogP contribution >= 0.6 is 0 Å². The van der Waals surface area contributed by atoms with E-state index in [1.54, 1.807) is 24.3 Å². The van der Waals surface area contributed by atoms with E-state index < -0.39 is 0 Å². The average molecular weight is 396 g/mol. The molecule has 2 aromatic rings. The number of rotatable bonds is 5. The number of piperidine rings is 1. The minimum atomic E-state index is -0.111. The first-order valence-corrected chi connectivity index (χ1v) is 10.7. The summed E-state index contributed by atoms with van der Waals surface area (Å²) in [5.74, 6) is 0.297. The van der Waals surface area contributed by atoms with Crippen molar-refractivity contribution in [2.45, 2.75) is 51.5 Å². The van der Waals surface area contributed by atoms with Gasteiger partial charge in [0, 0.05) is 45.6 Å². The maximum absolute atomic E-state index is 13.2. The molecule has 4 heterocycles. The highest BCUT2D eigenvalue weighted by Crippen LogP contribution is 2.24. The second-order valence-electron chi connectivity index (χ2n) is 8.02. The van der Waals surface area contributed by atoms with E-state index in [1.807, 2.05) is 21.6 Å². The number of fused-ring (bicyclic) bond motifs is 1. The Morgan fingerprint density at radius 3 is 2.52 bits per heavy atom. The zero-order chi connectivity index (χ0) is 20.2. The van der Waals surface area contributed by atoms with Crippen LogP contribution in [-0.4, -0.2) is 62.8 Å². The van der Waals surface area contributed by atoms with Gasteiger partial charge in [-0.1, -0.05) is 0 Å². The molecule has 1 saturated heterocycles. The lowest BCUT2D eigenvalue weighted by Crippen LogP contribution is -2.36. The van der Waals surface area contributed by atoms with E-state index in [4.69, 9.17) is 0 Å². The molecule has 4 rings (SSSR count). The Morgan fingerprint density at radius 1 is 1.03 bits per heavy atom. The number of amides is 2. The summed E-state index contributed by atoms with van der Waals surface area (Å²) in [6.07, 6.45) is 10.4. The first-order chi connectivity index (χ1) is 14.1. The van der Waals surface area contributed by atoms with E-state index in [2.05, 4.69) is 9.97 Å². The molecule has 7 nitrogen and oxygen atoms in total. The summed E-state index contributed by atoms with van der Waals surface area (Å²) in [7, 11) is 1.81. The van der Waals surface area contributed by atoms with Gasteiger partial charge in [0.05, 0.1) is 5.69 Å². The number of carbonyl (C=O) groups excluding carboxylic acids is 2. The minimum Gasteiger partial charge on any atom is -0.339 e. The number of aromatic nitrogens is 3. The van der Waals surface area contributed by atoms with Crippen molar-refractivity contribution in [1.82, 2.24) is 24.3 Å². The quantitative estimate of drug-likeness (QED) is 0.780. The molecule has 0 atom stereocenters. The Bertz CT molecular complexity index is 871. The zero-order valence-electron chi connectivity index (χ0n) is 17.1. The molecule has 1 fully saturated rings. The first-order valence-electron chi connectivity index (χ1n) is 10.7. The van der Waals surface area contributed by atoms with Crippen LogP contribution in [0.2, 0.25) is 0 Å². The zero-order valence-corrected chi connectivity index (χ0v) is 17.1. The summed E-state index contributed by atoms with van der Waals surface area (Å²) in [6.45, 7) is 2.94. The van der Waals surface area contributed by atoms with Crippen molar-refractivity contribution < 1.29 is 9.59 Å². The van der Waals surface area contributed by atoms with E-state index in [-0.39, 0.29) is 11.8 Å². The Hall–Kier alpha value is -2.70. The van der Waals surface area contributed by atoms with Crippen LogP contribution in [0.25, 0.3) is 0 Å². The molecule has 0 aliphatic carbocycles. The van der Waals surface area contributed by atoms with E-state index in [1.165, 1.54) is 6.42 Å². The van der Waals surface area contributed by atoms with E-state index in [0.717, 1.165) is 69.4 Å². The maximum Gasteiger partial charge on any atom is 0.289 e. The molecule has 0 N–H and O–H groups in total. The maximum atomic E-state index is 13.2. The highest BCUT2D eigenvalue weighted by atomic mass is 16.2. The standard InChI is InChI=1S/C22H29N5O2/c1-25(16-10-17-8-11-23-12-9-17)22(29)20-24-19(18-7-3-6-15-27(18)20)21(28)26-13-4-2-5-14-26/h8-9,11-12H,2-7,10,13-16H2,1H3. The molecule has 2 aliphatic heterocycles. The lowest BCUT2D eigenvalue weighted by molar-refractivity contribution is 0.0717. The second kappa shape index (κ2) is 8.76. The summed E-state index contributed by atoms with van der Waals surface area (Å²) in [4.78, 5) is 38.5. The fourth-order valence-electron chi connectivity index (χ4n) is 4.24. The van der Waals surface area contributed by atoms with Gasteiger partial charge >= 0.3 is 0 Å². The first kappa shape index (κ1) is 19.6. The molecular weight excluding hydrogens is 366 g/mol. The van der Waals surface area contributed by atoms with Gasteiger partial charge < -0.3 is 14.4 Å². The minimum absolute atomic E-state index is 0.00570. The van der Waals surface area contributed by atoms with Gasteiger partial charge in [-0.15, -0.1) is 0 Å². The van der Waals surface area contributed by atoms with Crippen LogP contribution in [0, 0.1) is 0 Å². The number of imidazole rings is 1. The highest BCUT2D eigenvalue weighted by Gasteiger charge is 2.31. The molecule has 2 aliphatic rings. The Kier molecular flexibility index (Phi) is 5.92. The fraction of sp³-hybridized carbons (Fsp3) is 0.545. The molecule has 154 valence electrons. The predicted molar refractivity (Wildman–Crippen MR) is 110 cm³/mol. The molecule has 0 aromatic carbocycles. The van der Waals surface area contributed by atoms with Gasteiger partial charge in [-0.3, -0.25) is 14.6 Å². The van der Waals surface area contributed by atoms with Gasteiger partial charge in [0.1, 0.15) is 5.69 Å². The Balaban J connectivity index is 1.54. The summed E-state index contributed by atoms with van der Waals surface area (Å²) in [5.41, 5.74) is 2.58. The van der Waals surface area contributed by atoms with Crippen LogP contribution in [0.4, 0.5) is 0 Å². The van der Waals surface area contributed by atoms with Crippen molar-refractivity contribution in [2.24, 2.45) is 0 Å². The summed E-state index contributed by atoms with van der Waals surface area (Å²) < 4.78 is 1.99.